The second kappa shape index (κ2) is 5.45. The third-order valence-corrected chi connectivity index (χ3v) is 3.25. The molecule has 0 saturated heterocycles. The molecular formula is C10H15BrO. The van der Waals surface area contributed by atoms with Gasteiger partial charge in [-0.3, -0.25) is 0 Å². The zero-order valence-corrected chi connectivity index (χ0v) is 8.85. The van der Waals surface area contributed by atoms with Gasteiger partial charge in [0.15, 0.2) is 0 Å². The quantitative estimate of drug-likeness (QED) is 0.306. The zero-order chi connectivity index (χ0) is 8.81. The summed E-state index contributed by atoms with van der Waals surface area (Å²) in [5.74, 6) is 0. The Morgan fingerprint density at radius 2 is 2.08 bits per heavy atom. The topological polar surface area (TPSA) is 9.23 Å². The second-order valence-corrected chi connectivity index (χ2v) is 4.33. The molecule has 0 unspecified atom stereocenters. The highest BCUT2D eigenvalue weighted by Gasteiger charge is 2.21. The van der Waals surface area contributed by atoms with Crippen molar-refractivity contribution < 1.29 is 4.74 Å². The Balaban J connectivity index is 2.41. The van der Waals surface area contributed by atoms with Gasteiger partial charge in [-0.1, -0.05) is 41.1 Å². The fourth-order valence-electron chi connectivity index (χ4n) is 1.52. The van der Waals surface area contributed by atoms with Crippen molar-refractivity contribution in [1.29, 1.82) is 0 Å². The van der Waals surface area contributed by atoms with Crippen LogP contribution in [0.2, 0.25) is 0 Å². The minimum atomic E-state index is 0.321. The van der Waals surface area contributed by atoms with E-state index >= 15 is 0 Å². The van der Waals surface area contributed by atoms with Gasteiger partial charge in [0.25, 0.3) is 0 Å². The Hall–Kier alpha value is -0.200. The molecule has 68 valence electrons. The average Bonchev–Trinajstić information content (AvgIpc) is 2.27. The average molecular weight is 231 g/mol. The molecule has 2 atom stereocenters. The molecule has 0 radical (unpaired) electrons. The van der Waals surface area contributed by atoms with Gasteiger partial charge in [-0.2, -0.15) is 0 Å². The number of alkyl halides is 1. The van der Waals surface area contributed by atoms with Crippen molar-refractivity contribution in [2.75, 3.05) is 0 Å². The molecular weight excluding hydrogens is 216 g/mol. The van der Waals surface area contributed by atoms with E-state index in [1.807, 2.05) is 0 Å². The number of halogens is 1. The SMILES string of the molecule is C=C=CO[C@@H]1CCCCC[C@H]1Br. The number of hydrogen-bond donors (Lipinski definition) is 0. The Kier molecular flexibility index (Phi) is 4.49. The predicted octanol–water partition coefficient (Wildman–Crippen LogP) is 3.40. The molecule has 1 saturated carbocycles. The van der Waals surface area contributed by atoms with E-state index in [0.717, 1.165) is 6.42 Å². The van der Waals surface area contributed by atoms with Crippen molar-refractivity contribution in [3.05, 3.63) is 18.6 Å². The summed E-state index contributed by atoms with van der Waals surface area (Å²) in [5, 5.41) is 0. The minimum Gasteiger partial charge on any atom is -0.489 e. The molecule has 0 bridgehead atoms. The van der Waals surface area contributed by atoms with Crippen LogP contribution in [0, 0.1) is 0 Å². The van der Waals surface area contributed by atoms with Crippen molar-refractivity contribution >= 4 is 15.9 Å². The largest absolute Gasteiger partial charge is 0.489 e. The van der Waals surface area contributed by atoms with Gasteiger partial charge in [0.1, 0.15) is 12.4 Å². The Morgan fingerprint density at radius 1 is 1.33 bits per heavy atom. The van der Waals surface area contributed by atoms with Crippen LogP contribution in [0.5, 0.6) is 0 Å². The molecule has 1 nitrogen and oxygen atoms in total. The second-order valence-electron chi connectivity index (χ2n) is 3.15. The normalized spacial score (nSPS) is 30.1. The Bertz CT molecular complexity index is 173. The Labute approximate surface area is 82.6 Å². The molecule has 0 aromatic rings. The van der Waals surface area contributed by atoms with Crippen LogP contribution < -0.4 is 0 Å². The highest BCUT2D eigenvalue weighted by atomic mass is 79.9. The molecule has 1 aliphatic carbocycles. The molecule has 12 heavy (non-hydrogen) atoms. The van der Waals surface area contributed by atoms with Gasteiger partial charge in [0, 0.05) is 0 Å². The molecule has 1 aliphatic rings. The summed E-state index contributed by atoms with van der Waals surface area (Å²) in [7, 11) is 0. The van der Waals surface area contributed by atoms with Gasteiger partial charge in [0.2, 0.25) is 0 Å². The van der Waals surface area contributed by atoms with Gasteiger partial charge in [-0.05, 0) is 19.3 Å². The van der Waals surface area contributed by atoms with Crippen molar-refractivity contribution in [1.82, 2.24) is 0 Å². The monoisotopic (exact) mass is 230 g/mol. The highest BCUT2D eigenvalue weighted by Crippen LogP contribution is 2.25. The lowest BCUT2D eigenvalue weighted by molar-refractivity contribution is 0.136. The minimum absolute atomic E-state index is 0.321. The van der Waals surface area contributed by atoms with E-state index in [2.05, 4.69) is 28.2 Å². The van der Waals surface area contributed by atoms with Crippen LogP contribution in [-0.2, 0) is 4.74 Å². The lowest BCUT2D eigenvalue weighted by atomic mass is 10.1. The summed E-state index contributed by atoms with van der Waals surface area (Å²) < 4.78 is 5.48. The third-order valence-electron chi connectivity index (χ3n) is 2.20. The van der Waals surface area contributed by atoms with Gasteiger partial charge in [0.05, 0.1) is 4.83 Å². The molecule has 0 heterocycles. The Morgan fingerprint density at radius 3 is 2.83 bits per heavy atom. The van der Waals surface area contributed by atoms with E-state index in [9.17, 15) is 0 Å². The lowest BCUT2D eigenvalue weighted by Gasteiger charge is -2.18. The van der Waals surface area contributed by atoms with Crippen molar-refractivity contribution in [2.45, 2.75) is 43.0 Å². The molecule has 1 rings (SSSR count). The summed E-state index contributed by atoms with van der Waals surface area (Å²) in [6.45, 7) is 3.47. The van der Waals surface area contributed by atoms with E-state index in [-0.39, 0.29) is 0 Å². The number of rotatable bonds is 2. The fraction of sp³-hybridized carbons (Fsp3) is 0.700. The fourth-order valence-corrected chi connectivity index (χ4v) is 2.23. The summed E-state index contributed by atoms with van der Waals surface area (Å²) in [6.07, 6.45) is 8.18. The number of ether oxygens (including phenoxy) is 1. The molecule has 0 aromatic heterocycles. The summed E-state index contributed by atoms with van der Waals surface area (Å²) in [5.41, 5.74) is 2.64. The van der Waals surface area contributed by atoms with Crippen LogP contribution in [0.15, 0.2) is 18.6 Å². The standard InChI is InChI=1S/C10H15BrO/c1-2-8-12-10-7-5-3-4-6-9(10)11/h8-10H,1,3-7H2/t9-,10-/m1/s1. The van der Waals surface area contributed by atoms with E-state index < -0.39 is 0 Å². The van der Waals surface area contributed by atoms with Gasteiger partial charge in [-0.25, -0.2) is 0 Å². The molecule has 0 aliphatic heterocycles. The molecule has 1 fully saturated rings. The molecule has 0 amide bonds. The highest BCUT2D eigenvalue weighted by molar-refractivity contribution is 9.09. The van der Waals surface area contributed by atoms with Gasteiger partial charge < -0.3 is 4.74 Å². The van der Waals surface area contributed by atoms with Crippen LogP contribution in [0.25, 0.3) is 0 Å². The zero-order valence-electron chi connectivity index (χ0n) is 7.26. The molecule has 0 N–H and O–H groups in total. The summed E-state index contributed by atoms with van der Waals surface area (Å²) >= 11 is 3.64. The first-order chi connectivity index (χ1) is 5.84. The smallest absolute Gasteiger partial charge is 0.125 e. The summed E-state index contributed by atoms with van der Waals surface area (Å²) in [6, 6.07) is 0. The van der Waals surface area contributed by atoms with E-state index in [1.54, 1.807) is 6.26 Å². The van der Waals surface area contributed by atoms with Crippen LogP contribution in [0.1, 0.15) is 32.1 Å². The van der Waals surface area contributed by atoms with Crippen LogP contribution in [-0.4, -0.2) is 10.9 Å². The van der Waals surface area contributed by atoms with Crippen LogP contribution >= 0.6 is 15.9 Å². The van der Waals surface area contributed by atoms with Gasteiger partial charge >= 0.3 is 0 Å². The first kappa shape index (κ1) is 9.88. The molecule has 2 heteroatoms. The van der Waals surface area contributed by atoms with Crippen LogP contribution in [0.4, 0.5) is 0 Å². The predicted molar refractivity (Wildman–Crippen MR) is 54.4 cm³/mol. The van der Waals surface area contributed by atoms with E-state index in [0.29, 0.717) is 10.9 Å². The van der Waals surface area contributed by atoms with E-state index in [4.69, 9.17) is 4.74 Å². The first-order valence-corrected chi connectivity index (χ1v) is 5.40. The maximum Gasteiger partial charge on any atom is 0.125 e. The van der Waals surface area contributed by atoms with E-state index in [1.165, 1.54) is 25.7 Å². The molecule has 0 spiro atoms. The first-order valence-electron chi connectivity index (χ1n) is 4.48. The maximum atomic E-state index is 5.48. The van der Waals surface area contributed by atoms with Crippen molar-refractivity contribution in [2.24, 2.45) is 0 Å². The summed E-state index contributed by atoms with van der Waals surface area (Å²) in [4.78, 5) is 0.504. The number of hydrogen-bond acceptors (Lipinski definition) is 1. The van der Waals surface area contributed by atoms with Crippen molar-refractivity contribution in [3.63, 3.8) is 0 Å². The van der Waals surface area contributed by atoms with Crippen molar-refractivity contribution in [3.8, 4) is 0 Å². The molecule has 0 aromatic carbocycles. The maximum absolute atomic E-state index is 5.48. The van der Waals surface area contributed by atoms with Crippen LogP contribution in [0.3, 0.4) is 0 Å². The van der Waals surface area contributed by atoms with Gasteiger partial charge in [-0.15, -0.1) is 0 Å². The lowest BCUT2D eigenvalue weighted by Crippen LogP contribution is -2.20. The third kappa shape index (κ3) is 3.04.